The van der Waals surface area contributed by atoms with E-state index in [1.54, 1.807) is 29.0 Å². The van der Waals surface area contributed by atoms with Crippen LogP contribution in [0.2, 0.25) is 0 Å². The Kier molecular flexibility index (Phi) is 1.63. The first-order valence-corrected chi connectivity index (χ1v) is 3.60. The van der Waals surface area contributed by atoms with Crippen LogP contribution in [0.25, 0.3) is 5.52 Å². The van der Waals surface area contributed by atoms with Crippen LogP contribution in [-0.2, 0) is 0 Å². The van der Waals surface area contributed by atoms with Crippen molar-refractivity contribution in [1.82, 2.24) is 9.61 Å². The van der Waals surface area contributed by atoms with Gasteiger partial charge >= 0.3 is 6.16 Å². The van der Waals surface area contributed by atoms with E-state index in [1.807, 2.05) is 0 Å². The molecule has 66 valence electrons. The Bertz CT molecular complexity index is 449. The second-order valence-electron chi connectivity index (χ2n) is 2.43. The molecule has 2 aromatic heterocycles. The van der Waals surface area contributed by atoms with Crippen molar-refractivity contribution in [1.29, 1.82) is 0 Å². The lowest BCUT2D eigenvalue weighted by Gasteiger charge is -1.99. The Hall–Kier alpha value is -2.04. The first-order chi connectivity index (χ1) is 6.25. The lowest BCUT2D eigenvalue weighted by atomic mass is 10.4. The maximum Gasteiger partial charge on any atom is 0.511 e. The van der Waals surface area contributed by atoms with Gasteiger partial charge in [0.05, 0.1) is 5.52 Å². The maximum absolute atomic E-state index is 10.2. The van der Waals surface area contributed by atoms with Crippen LogP contribution in [0, 0.1) is 0 Å². The molecule has 0 saturated heterocycles. The highest BCUT2D eigenvalue weighted by atomic mass is 16.7. The first-order valence-electron chi connectivity index (χ1n) is 3.60. The van der Waals surface area contributed by atoms with Crippen molar-refractivity contribution in [3.63, 3.8) is 0 Å². The van der Waals surface area contributed by atoms with E-state index in [1.165, 1.54) is 6.07 Å². The average Bonchev–Trinajstić information content (AvgIpc) is 2.49. The molecule has 0 atom stereocenters. The minimum Gasteiger partial charge on any atom is -0.449 e. The van der Waals surface area contributed by atoms with Gasteiger partial charge in [0.25, 0.3) is 0 Å². The van der Waals surface area contributed by atoms with Crippen LogP contribution >= 0.6 is 0 Å². The SMILES string of the molecule is O=C(O)Oc1ccn2nccc2c1. The third-order valence-corrected chi connectivity index (χ3v) is 1.58. The van der Waals surface area contributed by atoms with Crippen molar-refractivity contribution < 1.29 is 14.6 Å². The van der Waals surface area contributed by atoms with Crippen molar-refractivity contribution in [3.8, 4) is 5.75 Å². The van der Waals surface area contributed by atoms with Crippen LogP contribution in [0.3, 0.4) is 0 Å². The van der Waals surface area contributed by atoms with Gasteiger partial charge in [-0.15, -0.1) is 0 Å². The van der Waals surface area contributed by atoms with Crippen LogP contribution in [-0.4, -0.2) is 20.9 Å². The summed E-state index contributed by atoms with van der Waals surface area (Å²) in [6.45, 7) is 0. The fourth-order valence-corrected chi connectivity index (χ4v) is 1.07. The summed E-state index contributed by atoms with van der Waals surface area (Å²) >= 11 is 0. The quantitative estimate of drug-likeness (QED) is 0.670. The standard InChI is InChI=1S/C8H6N2O3/c11-8(12)13-7-2-4-10-6(5-7)1-3-9-10/h1-5H,(H,11,12). The van der Waals surface area contributed by atoms with E-state index >= 15 is 0 Å². The molecule has 5 nitrogen and oxygen atoms in total. The summed E-state index contributed by atoms with van der Waals surface area (Å²) in [5.41, 5.74) is 0.791. The number of fused-ring (bicyclic) bond motifs is 1. The number of pyridine rings is 1. The number of carboxylic acid groups (broad SMARTS) is 1. The molecule has 0 bridgehead atoms. The molecule has 0 amide bonds. The second-order valence-corrected chi connectivity index (χ2v) is 2.43. The molecule has 0 aliphatic rings. The van der Waals surface area contributed by atoms with E-state index in [0.29, 0.717) is 5.75 Å². The molecule has 2 aromatic rings. The first kappa shape index (κ1) is 7.60. The van der Waals surface area contributed by atoms with Crippen LogP contribution in [0.15, 0.2) is 30.6 Å². The van der Waals surface area contributed by atoms with E-state index in [0.717, 1.165) is 5.52 Å². The third kappa shape index (κ3) is 1.44. The molecule has 2 heterocycles. The van der Waals surface area contributed by atoms with Gasteiger partial charge in [0.1, 0.15) is 5.75 Å². The minimum atomic E-state index is -1.32. The van der Waals surface area contributed by atoms with Crippen molar-refractivity contribution in [3.05, 3.63) is 30.6 Å². The number of rotatable bonds is 1. The molecule has 2 rings (SSSR count). The highest BCUT2D eigenvalue weighted by Gasteiger charge is 2.01. The molecule has 0 unspecified atom stereocenters. The summed E-state index contributed by atoms with van der Waals surface area (Å²) < 4.78 is 6.09. The van der Waals surface area contributed by atoms with E-state index < -0.39 is 6.16 Å². The number of carbonyl (C=O) groups is 1. The lowest BCUT2D eigenvalue weighted by molar-refractivity contribution is 0.144. The summed E-state index contributed by atoms with van der Waals surface area (Å²) in [7, 11) is 0. The zero-order valence-corrected chi connectivity index (χ0v) is 6.54. The van der Waals surface area contributed by atoms with Gasteiger partial charge in [-0.1, -0.05) is 0 Å². The van der Waals surface area contributed by atoms with Crippen molar-refractivity contribution in [2.24, 2.45) is 0 Å². The van der Waals surface area contributed by atoms with Crippen LogP contribution in [0.1, 0.15) is 0 Å². The van der Waals surface area contributed by atoms with E-state index in [9.17, 15) is 4.79 Å². The Balaban J connectivity index is 2.42. The minimum absolute atomic E-state index is 0.292. The normalized spacial score (nSPS) is 10.2. The molecule has 13 heavy (non-hydrogen) atoms. The Labute approximate surface area is 73.2 Å². The van der Waals surface area contributed by atoms with Crippen molar-refractivity contribution in [2.75, 3.05) is 0 Å². The van der Waals surface area contributed by atoms with Gasteiger partial charge in [-0.3, -0.25) is 0 Å². The van der Waals surface area contributed by atoms with Crippen molar-refractivity contribution >= 4 is 11.7 Å². The van der Waals surface area contributed by atoms with Crippen LogP contribution in [0.4, 0.5) is 4.79 Å². The van der Waals surface area contributed by atoms with Gasteiger partial charge in [-0.2, -0.15) is 5.10 Å². The topological polar surface area (TPSA) is 63.8 Å². The number of nitrogens with zero attached hydrogens (tertiary/aromatic N) is 2. The van der Waals surface area contributed by atoms with Crippen molar-refractivity contribution in [2.45, 2.75) is 0 Å². The van der Waals surface area contributed by atoms with E-state index in [2.05, 4.69) is 9.84 Å². The van der Waals surface area contributed by atoms with Gasteiger partial charge in [-0.05, 0) is 12.1 Å². The highest BCUT2D eigenvalue weighted by Crippen LogP contribution is 2.13. The average molecular weight is 178 g/mol. The lowest BCUT2D eigenvalue weighted by Crippen LogP contribution is -2.03. The Morgan fingerprint density at radius 3 is 3.15 bits per heavy atom. The molecule has 0 aliphatic heterocycles. The molecule has 0 saturated carbocycles. The highest BCUT2D eigenvalue weighted by molar-refractivity contribution is 5.62. The zero-order valence-electron chi connectivity index (χ0n) is 6.54. The fraction of sp³-hybridized carbons (Fsp3) is 0. The summed E-state index contributed by atoms with van der Waals surface area (Å²) in [5, 5.41) is 12.3. The Morgan fingerprint density at radius 1 is 1.54 bits per heavy atom. The smallest absolute Gasteiger partial charge is 0.449 e. The number of hydrogen-bond acceptors (Lipinski definition) is 3. The zero-order chi connectivity index (χ0) is 9.26. The molecule has 0 radical (unpaired) electrons. The summed E-state index contributed by atoms with van der Waals surface area (Å²) in [4.78, 5) is 10.2. The van der Waals surface area contributed by atoms with Gasteiger partial charge in [0.2, 0.25) is 0 Å². The van der Waals surface area contributed by atoms with Gasteiger partial charge < -0.3 is 9.84 Å². The number of hydrogen-bond donors (Lipinski definition) is 1. The summed E-state index contributed by atoms with van der Waals surface area (Å²) in [6.07, 6.45) is 1.94. The largest absolute Gasteiger partial charge is 0.511 e. The molecular weight excluding hydrogens is 172 g/mol. The van der Waals surface area contributed by atoms with Crippen LogP contribution in [0.5, 0.6) is 5.75 Å². The predicted octanol–water partition coefficient (Wildman–Crippen LogP) is 1.39. The molecule has 5 heteroatoms. The molecule has 0 aromatic carbocycles. The van der Waals surface area contributed by atoms with Crippen LogP contribution < -0.4 is 4.74 Å². The fourth-order valence-electron chi connectivity index (χ4n) is 1.07. The van der Waals surface area contributed by atoms with Gasteiger partial charge in [0.15, 0.2) is 0 Å². The summed E-state index contributed by atoms with van der Waals surface area (Å²) in [5.74, 6) is 0.292. The molecule has 0 fully saturated rings. The second kappa shape index (κ2) is 2.78. The van der Waals surface area contributed by atoms with Gasteiger partial charge in [-0.25, -0.2) is 9.31 Å². The molecular formula is C8H6N2O3. The number of ether oxygens (including phenoxy) is 1. The monoisotopic (exact) mass is 178 g/mol. The molecule has 0 spiro atoms. The third-order valence-electron chi connectivity index (χ3n) is 1.58. The number of aromatic nitrogens is 2. The molecule has 1 N–H and O–H groups in total. The molecule has 0 aliphatic carbocycles. The van der Waals surface area contributed by atoms with E-state index in [-0.39, 0.29) is 0 Å². The van der Waals surface area contributed by atoms with Gasteiger partial charge in [0, 0.05) is 18.5 Å². The predicted molar refractivity (Wildman–Crippen MR) is 43.8 cm³/mol. The Morgan fingerprint density at radius 2 is 2.38 bits per heavy atom. The summed E-state index contributed by atoms with van der Waals surface area (Å²) in [6, 6.07) is 4.89. The maximum atomic E-state index is 10.2. The van der Waals surface area contributed by atoms with E-state index in [4.69, 9.17) is 5.11 Å².